The molecule has 3 aliphatic heterocycles. The fraction of sp³-hybridized carbons (Fsp3) is 0.646. The number of piperidine rings is 1. The molecule has 0 radical (unpaired) electrons. The zero-order chi connectivity index (χ0) is 85.1. The number of benzene rings is 1. The van der Waals surface area contributed by atoms with Crippen molar-refractivity contribution in [3.8, 4) is 0 Å². The molecule has 0 unspecified atom stereocenters. The van der Waals surface area contributed by atoms with Crippen molar-refractivity contribution in [1.82, 2.24) is 45.5 Å². The minimum atomic E-state index is -2.48. The molecule has 8 rings (SSSR count). The number of aliphatic hydroxyl groups excluding tert-OH is 3. The maximum absolute atomic E-state index is 14.5. The lowest BCUT2D eigenvalue weighted by molar-refractivity contribution is -0.245. The average Bonchev–Trinajstić information content (AvgIpc) is 1.15. The summed E-state index contributed by atoms with van der Waals surface area (Å²) in [6.45, 7) is 14.1. The summed E-state index contributed by atoms with van der Waals surface area (Å²) in [5.74, 6) is -8.33. The van der Waals surface area contributed by atoms with E-state index in [-0.39, 0.29) is 106 Å². The number of fused-ring (bicyclic) bond motifs is 4. The summed E-state index contributed by atoms with van der Waals surface area (Å²) in [5.41, 5.74) is 22.2. The molecule has 1 saturated carbocycles. The minimum Gasteiger partial charge on any atom is -0.459 e. The Labute approximate surface area is 687 Å². The van der Waals surface area contributed by atoms with Crippen molar-refractivity contribution in [2.24, 2.45) is 29.4 Å². The van der Waals surface area contributed by atoms with Crippen LogP contribution in [0.4, 0.5) is 22.4 Å². The van der Waals surface area contributed by atoms with Crippen LogP contribution in [0.5, 0.6) is 0 Å². The first-order valence-electron chi connectivity index (χ1n) is 40.9. The van der Waals surface area contributed by atoms with Crippen LogP contribution >= 0.6 is 0 Å². The molecule has 14 atom stereocenters. The molecule has 4 aromatic rings. The second-order valence-electron chi connectivity index (χ2n) is 30.6. The van der Waals surface area contributed by atoms with Crippen molar-refractivity contribution < 1.29 is 106 Å². The Morgan fingerprint density at radius 1 is 0.788 bits per heavy atom. The van der Waals surface area contributed by atoms with E-state index in [0.29, 0.717) is 177 Å². The van der Waals surface area contributed by atoms with E-state index < -0.39 is 114 Å². The number of unbranched alkanes of at least 4 members (excludes halogenated alkanes) is 1. The van der Waals surface area contributed by atoms with Gasteiger partial charge >= 0.3 is 12.1 Å². The van der Waals surface area contributed by atoms with Crippen LogP contribution < -0.4 is 33.2 Å². The van der Waals surface area contributed by atoms with Crippen LogP contribution in [0, 0.1) is 29.1 Å². The molecule has 652 valence electrons. The van der Waals surface area contributed by atoms with Crippen molar-refractivity contribution in [3.05, 3.63) is 95.1 Å². The van der Waals surface area contributed by atoms with Gasteiger partial charge in [-0.25, -0.2) is 24.2 Å². The van der Waals surface area contributed by atoms with E-state index in [1.54, 1.807) is 42.9 Å². The highest BCUT2D eigenvalue weighted by atomic mass is 16.6. The Morgan fingerprint density at radius 3 is 2.19 bits per heavy atom. The van der Waals surface area contributed by atoms with E-state index in [0.717, 1.165) is 10.5 Å². The third kappa shape index (κ3) is 30.1. The highest BCUT2D eigenvalue weighted by Crippen LogP contribution is 2.35. The summed E-state index contributed by atoms with van der Waals surface area (Å²) in [6.07, 6.45) is 9.40. The van der Waals surface area contributed by atoms with Gasteiger partial charge < -0.3 is 110 Å². The molecule has 3 fully saturated rings. The van der Waals surface area contributed by atoms with Gasteiger partial charge in [0.15, 0.2) is 11.4 Å². The maximum atomic E-state index is 14.5. The largest absolute Gasteiger partial charge is 0.459 e. The standard InChI is InChI=1S/C82H122N14O22/c1-51-15-8-7-9-16-52(2)67(108-6)46-59-17-14-24-82(107,118-59)75(103)78(104)96-27-13-10-18-62(96)79(105)115-68(47-63(97)53(3)42-55(5)73(101)74(102)72(100)54(4)41-51)60(83)43-56-19-21-66(64(98)44-56)117-81(106)89-48-58-49-95(94-93-58)28-30-110-32-34-112-36-38-114-40-39-113-37-35-111-33-31-109-29-23-69(99)87-25-11-12-26-88-77-70(76(85)90-50-91-77)71(84)57-20-22-65-61(45-57)92-80(86)116-65/h7-9,15-16,20,22,42,45,49-51,53-54,56,59-60,62,64,66-68,73-74,84,98,101-102,107H,10-14,17-19,21,23-41,43-44,46-48,83H2,1-6H3,(H2,86,92)(H,87,99)(H,89,106)(H3,85,88,90,91)/b9-7+,15-8+,52-16+,55-42+,84-71?/t51-,53-,54-,56+,59+,60-,62+,64-,66-,67+,68+,73-,74+,82-/m1/s1. The van der Waals surface area contributed by atoms with Crippen LogP contribution in [-0.2, 0) is 89.2 Å². The third-order valence-corrected chi connectivity index (χ3v) is 21.3. The Bertz CT molecular complexity index is 4020. The van der Waals surface area contributed by atoms with Gasteiger partial charge in [0.2, 0.25) is 11.7 Å². The monoisotopic (exact) mass is 1650 g/mol. The highest BCUT2D eigenvalue weighted by Gasteiger charge is 2.50. The van der Waals surface area contributed by atoms with Crippen LogP contribution in [0.2, 0.25) is 0 Å². The van der Waals surface area contributed by atoms with Crippen LogP contribution in [0.1, 0.15) is 154 Å². The van der Waals surface area contributed by atoms with Gasteiger partial charge in [0.25, 0.3) is 17.7 Å². The van der Waals surface area contributed by atoms with Gasteiger partial charge in [0, 0.05) is 75.9 Å². The first kappa shape index (κ1) is 94.6. The van der Waals surface area contributed by atoms with Crippen LogP contribution in [-0.4, -0.2) is 269 Å². The number of oxazole rings is 1. The smallest absolute Gasteiger partial charge is 0.407 e. The number of rotatable bonds is 36. The number of nitrogens with one attached hydrogen (secondary N) is 4. The maximum Gasteiger partial charge on any atom is 0.407 e. The number of Topliss-reactive ketones (excluding diaryl/α,β-unsaturated/α-hetero) is 3. The van der Waals surface area contributed by atoms with Crippen molar-refractivity contribution in [3.63, 3.8) is 0 Å². The number of ether oxygens (including phenoxy) is 10. The van der Waals surface area contributed by atoms with E-state index in [9.17, 15) is 54.0 Å². The Kier molecular flexibility index (Phi) is 39.3. The molecule has 4 aliphatic rings. The number of aliphatic hydroxyl groups is 4. The molecule has 3 amide bonds. The number of aromatic nitrogens is 6. The van der Waals surface area contributed by atoms with Gasteiger partial charge in [-0.05, 0) is 132 Å². The summed E-state index contributed by atoms with van der Waals surface area (Å²) >= 11 is 0. The average molecular weight is 1660 g/mol. The summed E-state index contributed by atoms with van der Waals surface area (Å²) in [5, 5.41) is 71.4. The molecule has 2 bridgehead atoms. The van der Waals surface area contributed by atoms with Crippen molar-refractivity contribution >= 4 is 75.7 Å². The number of carbonyl (C=O) groups is 7. The molecule has 14 N–H and O–H groups in total. The number of anilines is 3. The number of esters is 1. The fourth-order valence-corrected chi connectivity index (χ4v) is 14.6. The summed E-state index contributed by atoms with van der Waals surface area (Å²) in [4.78, 5) is 110. The van der Waals surface area contributed by atoms with Crippen LogP contribution in [0.3, 0.4) is 0 Å². The second-order valence-corrected chi connectivity index (χ2v) is 30.6. The normalized spacial score (nSPS) is 26.8. The summed E-state index contributed by atoms with van der Waals surface area (Å²) < 4.78 is 64.1. The van der Waals surface area contributed by atoms with Crippen LogP contribution in [0.25, 0.3) is 11.1 Å². The van der Waals surface area contributed by atoms with E-state index >= 15 is 0 Å². The quantitative estimate of drug-likeness (QED) is 0.00952. The number of hydrogen-bond donors (Lipinski definition) is 11. The molecule has 1 aromatic carbocycles. The lowest BCUT2D eigenvalue weighted by Gasteiger charge is -2.40. The van der Waals surface area contributed by atoms with E-state index in [1.807, 2.05) is 44.2 Å². The van der Waals surface area contributed by atoms with E-state index in [4.69, 9.17) is 74.4 Å². The molecule has 2 saturated heterocycles. The second kappa shape index (κ2) is 49.0. The van der Waals surface area contributed by atoms with Gasteiger partial charge in [0.05, 0.1) is 128 Å². The number of nitrogens with zero attached hydrogens (tertiary/aromatic N) is 7. The SMILES string of the molecule is CO[C@H]1C[C@@H]2CCC[C@@](O)(O2)C(=O)C(=O)N2CCCC[C@H]2C(=O)O[C@H]([C@H](N)C[C@@H]2CC[C@@H](OC(=O)NCc3cn(CCOCCOCCOCCOCCOCCOCCC(=O)NCCCCNc4ncnc(N)c4C(=N)c4ccc5oc(N)nc5c4)nn3)[C@H](O)C2)CC(=O)[C@H](C)/C=C(\C)[C@@H](O)[C@@H](O)C(=O)[C@H](C)C[C@H](C)/C=C/C=C/C=C/1C. The molecule has 3 aromatic heterocycles. The molecule has 118 heavy (non-hydrogen) atoms. The number of carbonyl (C=O) groups excluding carboxylic acids is 7. The third-order valence-electron chi connectivity index (χ3n) is 21.3. The van der Waals surface area contributed by atoms with Gasteiger partial charge in [-0.1, -0.05) is 62.4 Å². The molecule has 6 heterocycles. The number of methoxy groups -OCH3 is 1. The number of allylic oxidation sites excluding steroid dienone is 6. The predicted molar refractivity (Wildman–Crippen MR) is 432 cm³/mol. The first-order chi connectivity index (χ1) is 56.7. The lowest BCUT2D eigenvalue weighted by Crippen LogP contribution is -2.58. The summed E-state index contributed by atoms with van der Waals surface area (Å²) in [6, 6.07) is 2.80. The lowest BCUT2D eigenvalue weighted by atomic mass is 9.80. The topological polar surface area (TPSA) is 516 Å². The van der Waals surface area contributed by atoms with E-state index in [2.05, 4.69) is 41.2 Å². The molecular weight excluding hydrogens is 1530 g/mol. The van der Waals surface area contributed by atoms with Gasteiger partial charge in [0.1, 0.15) is 65.4 Å². The number of nitrogens with two attached hydrogens (primary N) is 3. The highest BCUT2D eigenvalue weighted by molar-refractivity contribution is 6.39. The van der Waals surface area contributed by atoms with Gasteiger partial charge in [-0.2, -0.15) is 4.98 Å². The summed E-state index contributed by atoms with van der Waals surface area (Å²) in [7, 11) is 1.54. The molecule has 36 heteroatoms. The number of ketones is 3. The van der Waals surface area contributed by atoms with Gasteiger partial charge in [-0.15, -0.1) is 5.10 Å². The zero-order valence-corrected chi connectivity index (χ0v) is 68.7. The number of cyclic esters (lactones) is 1. The van der Waals surface area contributed by atoms with Crippen molar-refractivity contribution in [1.29, 1.82) is 5.41 Å². The Morgan fingerprint density at radius 2 is 1.48 bits per heavy atom. The molecule has 0 spiro atoms. The number of alkyl carbamates (subject to hydrolysis) is 1. The molecular formula is C82H122N14O22. The zero-order valence-electron chi connectivity index (χ0n) is 68.7. The Hall–Kier alpha value is -8.89. The number of hydrogen-bond acceptors (Lipinski definition) is 32. The minimum absolute atomic E-state index is 0.0164. The van der Waals surface area contributed by atoms with Crippen molar-refractivity contribution in [2.45, 2.75) is 211 Å². The fourth-order valence-electron chi connectivity index (χ4n) is 14.6. The van der Waals surface area contributed by atoms with Crippen molar-refractivity contribution in [2.75, 3.05) is 123 Å². The molecule has 36 nitrogen and oxygen atoms in total. The first-order valence-corrected chi connectivity index (χ1v) is 40.9. The van der Waals surface area contributed by atoms with Gasteiger partial charge in [-0.3, -0.25) is 29.4 Å². The predicted octanol–water partition coefficient (Wildman–Crippen LogP) is 4.85. The number of amides is 3. The van der Waals surface area contributed by atoms with Crippen LogP contribution in [0.15, 0.2) is 82.7 Å². The van der Waals surface area contributed by atoms with E-state index in [1.165, 1.54) is 26.4 Å². The molecule has 1 aliphatic carbocycles. The Balaban J connectivity index is 0.669. The number of nitrogen functional groups attached to an aromatic ring is 2.